The normalized spacial score (nSPS) is 12.7. The van der Waals surface area contributed by atoms with E-state index in [1.54, 1.807) is 11.3 Å². The van der Waals surface area contributed by atoms with Crippen molar-refractivity contribution in [2.75, 3.05) is 0 Å². The van der Waals surface area contributed by atoms with Gasteiger partial charge in [0.05, 0.1) is 10.4 Å². The third-order valence-electron chi connectivity index (χ3n) is 2.29. The second-order valence-electron chi connectivity index (χ2n) is 3.40. The maximum absolute atomic E-state index is 6.33. The van der Waals surface area contributed by atoms with Crippen LogP contribution in [0.1, 0.15) is 15.8 Å². The van der Waals surface area contributed by atoms with E-state index in [1.165, 1.54) is 0 Å². The molecule has 1 atom stereocenters. The van der Waals surface area contributed by atoms with Gasteiger partial charge in [-0.05, 0) is 29.5 Å². The Bertz CT molecular complexity index is 479. The molecule has 2 rings (SSSR count). The Morgan fingerprint density at radius 3 is 2.44 bits per heavy atom. The number of benzene rings is 1. The molecule has 0 amide bonds. The molecule has 0 bridgehead atoms. The van der Waals surface area contributed by atoms with E-state index in [0.29, 0.717) is 6.42 Å². The summed E-state index contributed by atoms with van der Waals surface area (Å²) in [7, 11) is 0. The van der Waals surface area contributed by atoms with Crippen molar-refractivity contribution in [2.45, 2.75) is 11.8 Å². The van der Waals surface area contributed by atoms with Gasteiger partial charge >= 0.3 is 0 Å². The molecule has 0 aliphatic carbocycles. The van der Waals surface area contributed by atoms with E-state index < -0.39 is 0 Å². The Morgan fingerprint density at radius 2 is 1.81 bits per heavy atom. The van der Waals surface area contributed by atoms with E-state index in [2.05, 4.69) is 0 Å². The lowest BCUT2D eigenvalue weighted by Gasteiger charge is -2.09. The molecule has 16 heavy (non-hydrogen) atoms. The maximum atomic E-state index is 6.33. The van der Waals surface area contributed by atoms with Crippen LogP contribution in [0.3, 0.4) is 0 Å². The van der Waals surface area contributed by atoms with Gasteiger partial charge in [-0.3, -0.25) is 0 Å². The third kappa shape index (κ3) is 2.72. The van der Waals surface area contributed by atoms with Crippen LogP contribution in [0.2, 0.25) is 10.0 Å². The predicted octanol–water partition coefficient (Wildman–Crippen LogP) is 5.58. The van der Waals surface area contributed by atoms with Gasteiger partial charge in [-0.1, -0.05) is 41.4 Å². The zero-order valence-electron chi connectivity index (χ0n) is 8.29. The number of halogens is 3. The van der Waals surface area contributed by atoms with E-state index in [1.807, 2.05) is 35.7 Å². The fourth-order valence-corrected chi connectivity index (χ4v) is 3.35. The Balaban J connectivity index is 2.17. The lowest BCUT2D eigenvalue weighted by molar-refractivity contribution is 0.940. The van der Waals surface area contributed by atoms with Gasteiger partial charge in [-0.15, -0.1) is 22.9 Å². The molecule has 1 unspecified atom stereocenters. The van der Waals surface area contributed by atoms with Gasteiger partial charge in [0.15, 0.2) is 0 Å². The standard InChI is InChI=1S/C12H9Cl3S/c13-9-4-2-1-3-8(9)7-11(15)12-10(14)5-6-16-12/h1-6,11H,7H2. The number of hydrogen-bond donors (Lipinski definition) is 0. The van der Waals surface area contributed by atoms with E-state index in [9.17, 15) is 0 Å². The van der Waals surface area contributed by atoms with Crippen LogP contribution in [0.25, 0.3) is 0 Å². The molecule has 0 aliphatic heterocycles. The number of rotatable bonds is 3. The van der Waals surface area contributed by atoms with Crippen LogP contribution in [-0.2, 0) is 6.42 Å². The van der Waals surface area contributed by atoms with E-state index in [4.69, 9.17) is 34.8 Å². The lowest BCUT2D eigenvalue weighted by atomic mass is 10.1. The van der Waals surface area contributed by atoms with Crippen molar-refractivity contribution in [3.63, 3.8) is 0 Å². The first-order valence-corrected chi connectivity index (χ1v) is 6.86. The molecule has 1 aromatic carbocycles. The van der Waals surface area contributed by atoms with E-state index >= 15 is 0 Å². The zero-order chi connectivity index (χ0) is 11.5. The summed E-state index contributed by atoms with van der Waals surface area (Å²) in [6, 6.07) is 9.59. The maximum Gasteiger partial charge on any atom is 0.0734 e. The van der Waals surface area contributed by atoms with Crippen molar-refractivity contribution in [3.8, 4) is 0 Å². The van der Waals surface area contributed by atoms with E-state index in [0.717, 1.165) is 20.5 Å². The molecule has 1 aromatic heterocycles. The van der Waals surface area contributed by atoms with Gasteiger partial charge in [0, 0.05) is 9.90 Å². The first-order chi connectivity index (χ1) is 7.68. The Hall–Kier alpha value is -0.210. The predicted molar refractivity (Wildman–Crippen MR) is 73.1 cm³/mol. The minimum Gasteiger partial charge on any atom is -0.146 e. The zero-order valence-corrected chi connectivity index (χ0v) is 11.4. The van der Waals surface area contributed by atoms with Crippen LogP contribution in [0.15, 0.2) is 35.7 Å². The van der Waals surface area contributed by atoms with Crippen LogP contribution in [0.5, 0.6) is 0 Å². The first kappa shape index (κ1) is 12.3. The monoisotopic (exact) mass is 290 g/mol. The summed E-state index contributed by atoms with van der Waals surface area (Å²) in [5, 5.41) is 3.31. The van der Waals surface area contributed by atoms with Crippen molar-refractivity contribution in [3.05, 3.63) is 56.2 Å². The van der Waals surface area contributed by atoms with E-state index in [-0.39, 0.29) is 5.38 Å². The third-order valence-corrected chi connectivity index (χ3v) is 4.63. The van der Waals surface area contributed by atoms with Gasteiger partial charge in [0.2, 0.25) is 0 Å². The second kappa shape index (κ2) is 5.42. The molecular weight excluding hydrogens is 283 g/mol. The number of hydrogen-bond acceptors (Lipinski definition) is 1. The molecule has 0 spiro atoms. The average molecular weight is 292 g/mol. The summed E-state index contributed by atoms with van der Waals surface area (Å²) < 4.78 is 0. The summed E-state index contributed by atoms with van der Waals surface area (Å²) in [5.74, 6) is 0. The molecule has 0 N–H and O–H groups in total. The van der Waals surface area contributed by atoms with Crippen LogP contribution < -0.4 is 0 Å². The molecule has 0 saturated carbocycles. The van der Waals surface area contributed by atoms with Crippen molar-refractivity contribution in [1.29, 1.82) is 0 Å². The Labute approximate surface area is 114 Å². The Kier molecular flexibility index (Phi) is 4.15. The van der Waals surface area contributed by atoms with Crippen LogP contribution in [-0.4, -0.2) is 0 Å². The summed E-state index contributed by atoms with van der Waals surface area (Å²) >= 11 is 20.0. The van der Waals surface area contributed by atoms with Crippen molar-refractivity contribution < 1.29 is 0 Å². The molecule has 0 aliphatic rings. The van der Waals surface area contributed by atoms with Gasteiger partial charge < -0.3 is 0 Å². The van der Waals surface area contributed by atoms with Crippen LogP contribution in [0.4, 0.5) is 0 Å². The minimum absolute atomic E-state index is 0.118. The molecule has 0 saturated heterocycles. The molecule has 0 radical (unpaired) electrons. The number of thiophene rings is 1. The lowest BCUT2D eigenvalue weighted by Crippen LogP contribution is -1.94. The molecule has 0 fully saturated rings. The summed E-state index contributed by atoms with van der Waals surface area (Å²) in [4.78, 5) is 1.00. The summed E-state index contributed by atoms with van der Waals surface area (Å²) in [6.07, 6.45) is 0.696. The molecule has 0 nitrogen and oxygen atoms in total. The summed E-state index contributed by atoms with van der Waals surface area (Å²) in [6.45, 7) is 0. The fourth-order valence-electron chi connectivity index (χ4n) is 1.48. The fraction of sp³-hybridized carbons (Fsp3) is 0.167. The van der Waals surface area contributed by atoms with Crippen LogP contribution in [0, 0.1) is 0 Å². The smallest absolute Gasteiger partial charge is 0.0734 e. The average Bonchev–Trinajstić information content (AvgIpc) is 2.68. The Morgan fingerprint density at radius 1 is 1.06 bits per heavy atom. The van der Waals surface area contributed by atoms with Crippen molar-refractivity contribution in [1.82, 2.24) is 0 Å². The van der Waals surface area contributed by atoms with Gasteiger partial charge in [0.1, 0.15) is 0 Å². The van der Waals surface area contributed by atoms with Crippen molar-refractivity contribution >= 4 is 46.1 Å². The van der Waals surface area contributed by atoms with Crippen molar-refractivity contribution in [2.24, 2.45) is 0 Å². The molecule has 2 aromatic rings. The molecule has 4 heteroatoms. The topological polar surface area (TPSA) is 0 Å². The quantitative estimate of drug-likeness (QED) is 0.648. The summed E-state index contributed by atoms with van der Waals surface area (Å²) in [5.41, 5.74) is 1.05. The highest BCUT2D eigenvalue weighted by Gasteiger charge is 2.15. The molecular formula is C12H9Cl3S. The molecule has 84 valence electrons. The molecule has 1 heterocycles. The highest BCUT2D eigenvalue weighted by Crippen LogP contribution is 2.35. The number of alkyl halides is 1. The SMILES string of the molecule is Clc1ccccc1CC(Cl)c1sccc1Cl. The first-order valence-electron chi connectivity index (χ1n) is 4.79. The minimum atomic E-state index is -0.118. The second-order valence-corrected chi connectivity index (χ2v) is 5.68. The highest BCUT2D eigenvalue weighted by molar-refractivity contribution is 7.11. The largest absolute Gasteiger partial charge is 0.146 e. The van der Waals surface area contributed by atoms with Crippen LogP contribution >= 0.6 is 46.1 Å². The highest BCUT2D eigenvalue weighted by atomic mass is 35.5. The van der Waals surface area contributed by atoms with Gasteiger partial charge in [-0.2, -0.15) is 0 Å². The van der Waals surface area contributed by atoms with Gasteiger partial charge in [-0.25, -0.2) is 0 Å². The van der Waals surface area contributed by atoms with Gasteiger partial charge in [0.25, 0.3) is 0 Å².